The number of para-hydroxylation sites is 1. The van der Waals surface area contributed by atoms with Crippen molar-refractivity contribution in [3.05, 3.63) is 107 Å². The van der Waals surface area contributed by atoms with Crippen molar-refractivity contribution < 1.29 is 23.8 Å². The molecule has 0 spiro atoms. The van der Waals surface area contributed by atoms with Crippen LogP contribution in [-0.2, 0) is 4.79 Å². The number of nitrogens with zero attached hydrogens (tertiary/aromatic N) is 1. The third-order valence-corrected chi connectivity index (χ3v) is 6.04. The summed E-state index contributed by atoms with van der Waals surface area (Å²) in [7, 11) is 1.52. The number of hydrogen-bond acceptors (Lipinski definition) is 5. The molecule has 1 aromatic heterocycles. The number of benzene rings is 3. The molecule has 1 N–H and O–H groups in total. The van der Waals surface area contributed by atoms with Crippen molar-refractivity contribution in [2.75, 3.05) is 12.0 Å². The average Bonchev–Trinajstić information content (AvgIpc) is 3.38. The average molecular weight is 453 g/mol. The van der Waals surface area contributed by atoms with Gasteiger partial charge in [0.15, 0.2) is 22.9 Å². The predicted octanol–water partition coefficient (Wildman–Crippen LogP) is 5.84. The zero-order valence-electron chi connectivity index (χ0n) is 19.0. The molecule has 1 aliphatic heterocycles. The van der Waals surface area contributed by atoms with Gasteiger partial charge in [0.05, 0.1) is 18.7 Å². The molecule has 0 saturated carbocycles. The van der Waals surface area contributed by atoms with E-state index < -0.39 is 23.5 Å². The van der Waals surface area contributed by atoms with E-state index in [0.29, 0.717) is 22.4 Å². The summed E-state index contributed by atoms with van der Waals surface area (Å²) in [6, 6.07) is 21.1. The molecule has 1 amide bonds. The minimum Gasteiger partial charge on any atom is -0.503 e. The fourth-order valence-corrected chi connectivity index (χ4v) is 4.48. The number of rotatable bonds is 5. The number of carbonyl (C=O) groups excluding carboxylic acids is 2. The number of ketones is 1. The van der Waals surface area contributed by atoms with Gasteiger partial charge in [-0.1, -0.05) is 54.1 Å². The zero-order valence-corrected chi connectivity index (χ0v) is 19.0. The molecule has 4 aromatic rings. The van der Waals surface area contributed by atoms with Gasteiger partial charge in [0.2, 0.25) is 5.78 Å². The second kappa shape index (κ2) is 8.23. The number of aryl methyl sites for hydroxylation is 2. The summed E-state index contributed by atoms with van der Waals surface area (Å²) < 4.78 is 11.2. The molecule has 2 heterocycles. The Balaban J connectivity index is 1.68. The number of fused-ring (bicyclic) bond motifs is 1. The van der Waals surface area contributed by atoms with E-state index in [2.05, 4.69) is 0 Å². The highest BCUT2D eigenvalue weighted by molar-refractivity contribution is 6.20. The topological polar surface area (TPSA) is 80.0 Å². The molecule has 0 radical (unpaired) electrons. The Morgan fingerprint density at radius 3 is 2.38 bits per heavy atom. The molecule has 0 bridgehead atoms. The van der Waals surface area contributed by atoms with Gasteiger partial charge >= 0.3 is 0 Å². The molecule has 5 rings (SSSR count). The van der Waals surface area contributed by atoms with Gasteiger partial charge < -0.3 is 14.3 Å². The van der Waals surface area contributed by atoms with Gasteiger partial charge in [0, 0.05) is 11.1 Å². The van der Waals surface area contributed by atoms with Crippen molar-refractivity contribution in [3.63, 3.8) is 0 Å². The van der Waals surface area contributed by atoms with Gasteiger partial charge in [-0.05, 0) is 49.2 Å². The number of amides is 1. The summed E-state index contributed by atoms with van der Waals surface area (Å²) >= 11 is 0. The molecule has 1 atom stereocenters. The molecule has 0 aliphatic carbocycles. The van der Waals surface area contributed by atoms with Gasteiger partial charge in [0.25, 0.3) is 5.91 Å². The summed E-state index contributed by atoms with van der Waals surface area (Å²) in [6.45, 7) is 3.86. The number of methoxy groups -OCH3 is 1. The maximum atomic E-state index is 13.8. The molecule has 1 aliphatic rings. The smallest absolute Gasteiger partial charge is 0.294 e. The first-order valence-electron chi connectivity index (χ1n) is 10.9. The Labute approximate surface area is 196 Å². The third kappa shape index (κ3) is 3.44. The SMILES string of the molecule is COc1cccc2cc(C(=O)C3=C(O)C(=O)N(c4cccc(C)c4)C3c3cccc(C)c3)oc12. The second-order valence-electron chi connectivity index (χ2n) is 8.41. The van der Waals surface area contributed by atoms with Crippen molar-refractivity contribution in [2.24, 2.45) is 0 Å². The van der Waals surface area contributed by atoms with Crippen LogP contribution in [0.3, 0.4) is 0 Å². The van der Waals surface area contributed by atoms with E-state index in [4.69, 9.17) is 9.15 Å². The Bertz CT molecular complexity index is 1480. The fraction of sp³-hybridized carbons (Fsp3) is 0.143. The van der Waals surface area contributed by atoms with Crippen LogP contribution in [-0.4, -0.2) is 23.9 Å². The summed E-state index contributed by atoms with van der Waals surface area (Å²) in [5.74, 6) is -1.24. The highest BCUT2D eigenvalue weighted by Crippen LogP contribution is 2.43. The van der Waals surface area contributed by atoms with Crippen molar-refractivity contribution >= 4 is 28.3 Å². The van der Waals surface area contributed by atoms with Gasteiger partial charge in [0.1, 0.15) is 0 Å². The lowest BCUT2D eigenvalue weighted by Gasteiger charge is -2.27. The summed E-state index contributed by atoms with van der Waals surface area (Å²) in [5.41, 5.74) is 3.65. The van der Waals surface area contributed by atoms with Crippen molar-refractivity contribution in [1.29, 1.82) is 0 Å². The fourth-order valence-electron chi connectivity index (χ4n) is 4.48. The minimum atomic E-state index is -0.809. The highest BCUT2D eigenvalue weighted by Gasteiger charge is 2.45. The standard InChI is InChI=1S/C28H23NO5/c1-16-7-4-9-18(13-16)24-23(26(31)28(32)29(24)20-11-5-8-17(2)14-20)25(30)22-15-19-10-6-12-21(33-3)27(19)34-22/h4-15,24,31H,1-3H3. The first-order valence-corrected chi connectivity index (χ1v) is 10.9. The molecule has 0 fully saturated rings. The lowest BCUT2D eigenvalue weighted by Crippen LogP contribution is -2.31. The monoisotopic (exact) mass is 453 g/mol. The number of hydrogen-bond donors (Lipinski definition) is 1. The lowest BCUT2D eigenvalue weighted by atomic mass is 9.93. The van der Waals surface area contributed by atoms with Crippen LogP contribution < -0.4 is 9.64 Å². The molecule has 170 valence electrons. The van der Waals surface area contributed by atoms with E-state index in [9.17, 15) is 14.7 Å². The van der Waals surface area contributed by atoms with Crippen molar-refractivity contribution in [3.8, 4) is 5.75 Å². The molecule has 0 saturated heterocycles. The number of Topliss-reactive ketones (excluding diaryl/α,β-unsaturated/α-hetero) is 1. The number of ether oxygens (including phenoxy) is 1. The number of furan rings is 1. The van der Waals surface area contributed by atoms with Crippen molar-refractivity contribution in [1.82, 2.24) is 0 Å². The van der Waals surface area contributed by atoms with E-state index in [0.717, 1.165) is 16.7 Å². The highest BCUT2D eigenvalue weighted by atomic mass is 16.5. The van der Waals surface area contributed by atoms with E-state index in [1.165, 1.54) is 12.0 Å². The van der Waals surface area contributed by atoms with E-state index in [-0.39, 0.29) is 11.3 Å². The van der Waals surface area contributed by atoms with Gasteiger partial charge in [-0.15, -0.1) is 0 Å². The van der Waals surface area contributed by atoms with E-state index in [1.807, 2.05) is 62.4 Å². The number of anilines is 1. The van der Waals surface area contributed by atoms with Gasteiger partial charge in [-0.25, -0.2) is 0 Å². The minimum absolute atomic E-state index is 0.0184. The normalized spacial score (nSPS) is 15.9. The zero-order chi connectivity index (χ0) is 24.0. The van der Waals surface area contributed by atoms with Crippen LogP contribution >= 0.6 is 0 Å². The summed E-state index contributed by atoms with van der Waals surface area (Å²) in [4.78, 5) is 28.5. The lowest BCUT2D eigenvalue weighted by molar-refractivity contribution is -0.117. The predicted molar refractivity (Wildman–Crippen MR) is 129 cm³/mol. The number of aliphatic hydroxyl groups excluding tert-OH is 1. The Morgan fingerprint density at radius 1 is 0.971 bits per heavy atom. The van der Waals surface area contributed by atoms with Crippen LogP contribution in [0.4, 0.5) is 5.69 Å². The molecule has 6 nitrogen and oxygen atoms in total. The van der Waals surface area contributed by atoms with Gasteiger partial charge in [-0.2, -0.15) is 0 Å². The quantitative estimate of drug-likeness (QED) is 0.384. The van der Waals surface area contributed by atoms with E-state index in [1.54, 1.807) is 24.3 Å². The van der Waals surface area contributed by atoms with Crippen LogP contribution in [0.5, 0.6) is 5.75 Å². The summed E-state index contributed by atoms with van der Waals surface area (Å²) in [5, 5.41) is 11.7. The molecule has 34 heavy (non-hydrogen) atoms. The van der Waals surface area contributed by atoms with Crippen molar-refractivity contribution in [2.45, 2.75) is 19.9 Å². The summed E-state index contributed by atoms with van der Waals surface area (Å²) in [6.07, 6.45) is 0. The Morgan fingerprint density at radius 2 is 1.68 bits per heavy atom. The maximum absolute atomic E-state index is 13.8. The van der Waals surface area contributed by atoms with Crippen LogP contribution in [0.25, 0.3) is 11.0 Å². The van der Waals surface area contributed by atoms with Crippen LogP contribution in [0.15, 0.2) is 88.5 Å². The van der Waals surface area contributed by atoms with Crippen LogP contribution in [0.2, 0.25) is 0 Å². The number of aliphatic hydroxyl groups is 1. The van der Waals surface area contributed by atoms with Gasteiger partial charge in [-0.3, -0.25) is 14.5 Å². The molecule has 6 heteroatoms. The first-order chi connectivity index (χ1) is 16.4. The molecular weight excluding hydrogens is 430 g/mol. The Hall–Kier alpha value is -4.32. The second-order valence-corrected chi connectivity index (χ2v) is 8.41. The van der Waals surface area contributed by atoms with E-state index >= 15 is 0 Å². The van der Waals surface area contributed by atoms with Crippen LogP contribution in [0.1, 0.15) is 33.3 Å². The first kappa shape index (κ1) is 21.5. The third-order valence-electron chi connectivity index (χ3n) is 6.04. The largest absolute Gasteiger partial charge is 0.503 e. The van der Waals surface area contributed by atoms with Crippen LogP contribution in [0, 0.1) is 13.8 Å². The Kier molecular flexibility index (Phi) is 5.21. The molecule has 1 unspecified atom stereocenters. The maximum Gasteiger partial charge on any atom is 0.294 e. The number of carbonyl (C=O) groups is 2. The molecular formula is C28H23NO5. The molecule has 3 aromatic carbocycles.